The summed E-state index contributed by atoms with van der Waals surface area (Å²) in [7, 11) is 0. The molecule has 14 heteroatoms. The van der Waals surface area contributed by atoms with Crippen LogP contribution in [0.2, 0.25) is 0 Å². The van der Waals surface area contributed by atoms with E-state index in [9.17, 15) is 27.6 Å². The van der Waals surface area contributed by atoms with Crippen LogP contribution in [0.25, 0.3) is 11.1 Å². The van der Waals surface area contributed by atoms with Gasteiger partial charge in [0.05, 0.1) is 11.1 Å². The van der Waals surface area contributed by atoms with Gasteiger partial charge in [0.25, 0.3) is 5.91 Å². The van der Waals surface area contributed by atoms with E-state index in [0.29, 0.717) is 53.7 Å². The maximum atomic E-state index is 12.7. The number of aromatic nitrogens is 2. The molecule has 2 N–H and O–H groups in total. The molecule has 1 saturated heterocycles. The number of amides is 2. The standard InChI is InChI=1S/C24H20F3N5O5S/c25-24(26,27)15-3-1-14(2-4-15)12-36-23(35)32-9-7-31(8-10-32)21-29-18(13-38-21)20(33)28-16-5-6-17-19(11-16)37-22(34)30-17/h1-6,11,13H,7-10,12H2,(H,28,33)(H,30,34). The number of piperazine rings is 1. The molecule has 2 aromatic heterocycles. The molecule has 2 aromatic carbocycles. The monoisotopic (exact) mass is 547 g/mol. The Kier molecular flexibility index (Phi) is 6.80. The van der Waals surface area contributed by atoms with Crippen molar-refractivity contribution in [2.75, 3.05) is 36.4 Å². The third-order valence-electron chi connectivity index (χ3n) is 5.86. The van der Waals surface area contributed by atoms with Gasteiger partial charge in [0, 0.05) is 43.3 Å². The van der Waals surface area contributed by atoms with Crippen LogP contribution in [-0.2, 0) is 17.5 Å². The number of oxazole rings is 1. The van der Waals surface area contributed by atoms with Gasteiger partial charge in [-0.05, 0) is 29.8 Å². The summed E-state index contributed by atoms with van der Waals surface area (Å²) in [5.41, 5.74) is 1.20. The van der Waals surface area contributed by atoms with Crippen molar-refractivity contribution in [2.45, 2.75) is 12.8 Å². The molecule has 198 valence electrons. The van der Waals surface area contributed by atoms with E-state index in [-0.39, 0.29) is 12.3 Å². The minimum absolute atomic E-state index is 0.134. The summed E-state index contributed by atoms with van der Waals surface area (Å²) < 4.78 is 48.3. The van der Waals surface area contributed by atoms with Crippen molar-refractivity contribution in [1.82, 2.24) is 14.9 Å². The van der Waals surface area contributed by atoms with Crippen molar-refractivity contribution in [1.29, 1.82) is 0 Å². The second kappa shape index (κ2) is 10.2. The number of nitrogens with one attached hydrogen (secondary N) is 2. The number of H-pyrrole nitrogens is 1. The van der Waals surface area contributed by atoms with Crippen LogP contribution in [0.5, 0.6) is 0 Å². The summed E-state index contributed by atoms with van der Waals surface area (Å²) >= 11 is 1.30. The molecule has 1 aliphatic rings. The van der Waals surface area contributed by atoms with Gasteiger partial charge >= 0.3 is 18.0 Å². The number of alkyl halides is 3. The van der Waals surface area contributed by atoms with Crippen LogP contribution in [0.4, 0.5) is 28.8 Å². The topological polar surface area (TPSA) is 121 Å². The molecule has 0 aliphatic carbocycles. The molecule has 0 atom stereocenters. The molecule has 3 heterocycles. The molecule has 1 fully saturated rings. The SMILES string of the molecule is O=C(Nc1ccc2[nH]c(=O)oc2c1)c1csc(N2CCN(C(=O)OCc3ccc(C(F)(F)F)cc3)CC2)n1. The lowest BCUT2D eigenvalue weighted by molar-refractivity contribution is -0.137. The van der Waals surface area contributed by atoms with Crippen molar-refractivity contribution in [2.24, 2.45) is 0 Å². The largest absolute Gasteiger partial charge is 0.445 e. The summed E-state index contributed by atoms with van der Waals surface area (Å²) in [6.45, 7) is 1.51. The number of anilines is 2. The van der Waals surface area contributed by atoms with Gasteiger partial charge < -0.3 is 24.3 Å². The zero-order valence-corrected chi connectivity index (χ0v) is 20.4. The maximum absolute atomic E-state index is 12.7. The minimum Gasteiger partial charge on any atom is -0.445 e. The Bertz CT molecular complexity index is 1520. The molecule has 0 saturated carbocycles. The zero-order chi connectivity index (χ0) is 26.9. The summed E-state index contributed by atoms with van der Waals surface area (Å²) in [6.07, 6.45) is -4.98. The molecule has 5 rings (SSSR count). The van der Waals surface area contributed by atoms with Crippen molar-refractivity contribution in [3.05, 3.63) is 75.2 Å². The number of ether oxygens (including phenoxy) is 1. The van der Waals surface area contributed by atoms with E-state index in [1.165, 1.54) is 34.4 Å². The van der Waals surface area contributed by atoms with Crippen LogP contribution in [0.15, 0.2) is 57.1 Å². The van der Waals surface area contributed by atoms with Gasteiger partial charge in [-0.3, -0.25) is 9.78 Å². The van der Waals surface area contributed by atoms with Crippen molar-refractivity contribution in [3.8, 4) is 0 Å². The van der Waals surface area contributed by atoms with Gasteiger partial charge in [-0.15, -0.1) is 11.3 Å². The molecule has 0 bridgehead atoms. The van der Waals surface area contributed by atoms with E-state index in [0.717, 1.165) is 12.1 Å². The smallest absolute Gasteiger partial charge is 0.417 e. The first-order valence-electron chi connectivity index (χ1n) is 11.4. The third-order valence-corrected chi connectivity index (χ3v) is 6.76. The number of nitrogens with zero attached hydrogens (tertiary/aromatic N) is 3. The van der Waals surface area contributed by atoms with Crippen LogP contribution in [-0.4, -0.2) is 53.0 Å². The lowest BCUT2D eigenvalue weighted by Gasteiger charge is -2.33. The normalized spacial score (nSPS) is 14.1. The highest BCUT2D eigenvalue weighted by atomic mass is 32.1. The second-order valence-corrected chi connectivity index (χ2v) is 9.25. The first kappa shape index (κ1) is 25.3. The van der Waals surface area contributed by atoms with Crippen molar-refractivity contribution in [3.63, 3.8) is 0 Å². The van der Waals surface area contributed by atoms with Gasteiger partial charge in [0.1, 0.15) is 12.3 Å². The first-order valence-corrected chi connectivity index (χ1v) is 12.3. The first-order chi connectivity index (χ1) is 18.2. The van der Waals surface area contributed by atoms with E-state index >= 15 is 0 Å². The van der Waals surface area contributed by atoms with Crippen LogP contribution in [0.3, 0.4) is 0 Å². The summed E-state index contributed by atoms with van der Waals surface area (Å²) in [5.74, 6) is -1.00. The van der Waals surface area contributed by atoms with E-state index < -0.39 is 29.5 Å². The number of halogens is 3. The van der Waals surface area contributed by atoms with Crippen molar-refractivity contribution < 1.29 is 31.9 Å². The molecule has 2 amide bonds. The number of carbonyl (C=O) groups is 2. The number of hydrogen-bond donors (Lipinski definition) is 2. The Balaban J connectivity index is 1.11. The Morgan fingerprint density at radius 3 is 2.55 bits per heavy atom. The molecule has 4 aromatic rings. The molecular weight excluding hydrogens is 527 g/mol. The van der Waals surface area contributed by atoms with Gasteiger partial charge in [-0.2, -0.15) is 13.2 Å². The predicted molar refractivity (Wildman–Crippen MR) is 132 cm³/mol. The minimum atomic E-state index is -4.42. The fraction of sp³-hybridized carbons (Fsp3) is 0.250. The third kappa shape index (κ3) is 5.64. The maximum Gasteiger partial charge on any atom is 0.417 e. The summed E-state index contributed by atoms with van der Waals surface area (Å²) in [4.78, 5) is 46.7. The number of fused-ring (bicyclic) bond motifs is 1. The number of thiazole rings is 1. The van der Waals surface area contributed by atoms with E-state index in [4.69, 9.17) is 9.15 Å². The number of carbonyl (C=O) groups excluding carboxylic acids is 2. The van der Waals surface area contributed by atoms with Gasteiger partial charge in [0.15, 0.2) is 10.7 Å². The molecule has 38 heavy (non-hydrogen) atoms. The second-order valence-electron chi connectivity index (χ2n) is 8.42. The molecule has 0 radical (unpaired) electrons. The average molecular weight is 548 g/mol. The summed E-state index contributed by atoms with van der Waals surface area (Å²) in [5, 5.41) is 4.98. The predicted octanol–water partition coefficient (Wildman–Crippen LogP) is 4.31. The number of rotatable bonds is 5. The fourth-order valence-electron chi connectivity index (χ4n) is 3.84. The number of aromatic amines is 1. The molecule has 0 spiro atoms. The molecule has 0 unspecified atom stereocenters. The van der Waals surface area contributed by atoms with E-state index in [2.05, 4.69) is 15.3 Å². The van der Waals surface area contributed by atoms with Crippen LogP contribution in [0, 0.1) is 0 Å². The highest BCUT2D eigenvalue weighted by Gasteiger charge is 2.30. The van der Waals surface area contributed by atoms with Gasteiger partial charge in [0.2, 0.25) is 0 Å². The quantitative estimate of drug-likeness (QED) is 0.382. The lowest BCUT2D eigenvalue weighted by atomic mass is 10.1. The molecular formula is C24H20F3N5O5S. The van der Waals surface area contributed by atoms with Gasteiger partial charge in [-0.25, -0.2) is 14.6 Å². The van der Waals surface area contributed by atoms with Gasteiger partial charge in [-0.1, -0.05) is 12.1 Å². The van der Waals surface area contributed by atoms with Crippen molar-refractivity contribution >= 4 is 45.3 Å². The Hall–Kier alpha value is -4.33. The summed E-state index contributed by atoms with van der Waals surface area (Å²) in [6, 6.07) is 9.25. The average Bonchev–Trinajstić information content (AvgIpc) is 3.53. The highest BCUT2D eigenvalue weighted by molar-refractivity contribution is 7.14. The Morgan fingerprint density at radius 2 is 1.84 bits per heavy atom. The van der Waals surface area contributed by atoms with Crippen LogP contribution < -0.4 is 16.0 Å². The number of hydrogen-bond acceptors (Lipinski definition) is 8. The number of benzene rings is 2. The van der Waals surface area contributed by atoms with E-state index in [1.54, 1.807) is 17.5 Å². The Labute approximate surface area is 216 Å². The fourth-order valence-corrected chi connectivity index (χ4v) is 4.70. The van der Waals surface area contributed by atoms with Crippen LogP contribution in [0.1, 0.15) is 21.6 Å². The lowest BCUT2D eigenvalue weighted by Crippen LogP contribution is -2.49. The molecule has 10 nitrogen and oxygen atoms in total. The Morgan fingerprint density at radius 1 is 1.11 bits per heavy atom. The van der Waals surface area contributed by atoms with E-state index in [1.807, 2.05) is 4.90 Å². The molecule has 1 aliphatic heterocycles. The van der Waals surface area contributed by atoms with Crippen LogP contribution >= 0.6 is 11.3 Å². The zero-order valence-electron chi connectivity index (χ0n) is 19.6. The highest BCUT2D eigenvalue weighted by Crippen LogP contribution is 2.29.